The fourth-order valence-corrected chi connectivity index (χ4v) is 12.2. The van der Waals surface area contributed by atoms with E-state index in [1.54, 1.807) is 0 Å². The molecule has 6 rings (SSSR count). The van der Waals surface area contributed by atoms with Gasteiger partial charge in [0.2, 0.25) is 0 Å². The third-order valence-corrected chi connectivity index (χ3v) is 15.1. The molecule has 4 saturated carbocycles. The van der Waals surface area contributed by atoms with Crippen LogP contribution >= 0.6 is 0 Å². The van der Waals surface area contributed by atoms with Crippen molar-refractivity contribution < 1.29 is 39.8 Å². The van der Waals surface area contributed by atoms with Crippen LogP contribution in [0.2, 0.25) is 0 Å². The predicted octanol–water partition coefficient (Wildman–Crippen LogP) is 4.52. The minimum Gasteiger partial charge on any atom is -0.481 e. The van der Waals surface area contributed by atoms with Crippen molar-refractivity contribution in [2.24, 2.45) is 57.2 Å². The van der Waals surface area contributed by atoms with Crippen molar-refractivity contribution in [3.8, 4) is 0 Å². The van der Waals surface area contributed by atoms with E-state index in [0.29, 0.717) is 18.3 Å². The quantitative estimate of drug-likeness (QED) is 0.296. The number of aliphatic carboxylic acids is 1. The first-order chi connectivity index (χ1) is 19.9. The Balaban J connectivity index is 1.31. The Labute approximate surface area is 257 Å². The minimum atomic E-state index is -1.19. The maximum absolute atomic E-state index is 12.4. The molecule has 0 aromatic heterocycles. The summed E-state index contributed by atoms with van der Waals surface area (Å²) in [7, 11) is 0. The third kappa shape index (κ3) is 4.25. The summed E-state index contributed by atoms with van der Waals surface area (Å²) in [6, 6.07) is 0. The van der Waals surface area contributed by atoms with Crippen molar-refractivity contribution in [2.75, 3.05) is 6.61 Å². The van der Waals surface area contributed by atoms with Gasteiger partial charge in [-0.05, 0) is 104 Å². The standard InChI is InChI=1S/C35H56O8/c1-18-16-20(29(39)40)19-10-14-33(5)21(26(19)35(18,7)41)8-9-24-32(4)13-12-25(31(2,3)23(32)11-15-34(24,33)6)43-30-28(38)27(37)22(17-36)42-30/h8,18-20,22-28,30,36-38,41H,9-17H2,1-7H3,(H,39,40). The van der Waals surface area contributed by atoms with Gasteiger partial charge in [0.05, 0.1) is 24.2 Å². The number of carboxylic acids is 1. The van der Waals surface area contributed by atoms with Crippen molar-refractivity contribution in [3.05, 3.63) is 11.6 Å². The van der Waals surface area contributed by atoms with Gasteiger partial charge in [0.25, 0.3) is 0 Å². The smallest absolute Gasteiger partial charge is 0.306 e. The number of aliphatic hydroxyl groups is 4. The number of fused-ring (bicyclic) bond motifs is 7. The van der Waals surface area contributed by atoms with Crippen LogP contribution in [-0.2, 0) is 14.3 Å². The average Bonchev–Trinajstić information content (AvgIpc) is 3.20. The Morgan fingerprint density at radius 3 is 2.33 bits per heavy atom. The van der Waals surface area contributed by atoms with E-state index < -0.39 is 42.1 Å². The molecule has 15 atom stereocenters. The highest BCUT2D eigenvalue weighted by Gasteiger charge is 2.69. The Morgan fingerprint density at radius 1 is 1.00 bits per heavy atom. The molecule has 1 heterocycles. The van der Waals surface area contributed by atoms with Crippen LogP contribution in [0.4, 0.5) is 0 Å². The number of hydrogen-bond donors (Lipinski definition) is 5. The van der Waals surface area contributed by atoms with Crippen LogP contribution in [-0.4, -0.2) is 74.4 Å². The van der Waals surface area contributed by atoms with E-state index in [-0.39, 0.29) is 52.1 Å². The molecule has 43 heavy (non-hydrogen) atoms. The second-order valence-electron chi connectivity index (χ2n) is 17.0. The number of ether oxygens (including phenoxy) is 2. The van der Waals surface area contributed by atoms with Crippen molar-refractivity contribution in [1.82, 2.24) is 0 Å². The summed E-state index contributed by atoms with van der Waals surface area (Å²) < 4.78 is 12.2. The van der Waals surface area contributed by atoms with Crippen LogP contribution in [0.5, 0.6) is 0 Å². The molecule has 0 radical (unpaired) electrons. The van der Waals surface area contributed by atoms with Crippen molar-refractivity contribution in [2.45, 2.75) is 136 Å². The van der Waals surface area contributed by atoms with Crippen LogP contribution in [0.3, 0.4) is 0 Å². The summed E-state index contributed by atoms with van der Waals surface area (Å²) in [5, 5.41) is 52.6. The number of allylic oxidation sites excluding steroid dienone is 1. The molecule has 5 N–H and O–H groups in total. The van der Waals surface area contributed by atoms with Gasteiger partial charge in [0.1, 0.15) is 18.3 Å². The van der Waals surface area contributed by atoms with Gasteiger partial charge in [-0.3, -0.25) is 4.79 Å². The van der Waals surface area contributed by atoms with Gasteiger partial charge in [-0.25, -0.2) is 0 Å². The van der Waals surface area contributed by atoms with E-state index in [4.69, 9.17) is 9.47 Å². The molecule has 0 spiro atoms. The maximum atomic E-state index is 12.4. The summed E-state index contributed by atoms with van der Waals surface area (Å²) >= 11 is 0. The Hall–Kier alpha value is -1.03. The lowest BCUT2D eigenvalue weighted by molar-refractivity contribution is -0.260. The SMILES string of the molecule is CC1CC(C(=O)O)C2CCC3(C)C(=CCC4C5(C)CCC(OC6OC(CO)C(O)C6O)C(C)(C)C5CCC43C)C2C1(C)O. The van der Waals surface area contributed by atoms with Gasteiger partial charge < -0.3 is 35.0 Å². The molecule has 1 saturated heterocycles. The van der Waals surface area contributed by atoms with Crippen molar-refractivity contribution in [3.63, 3.8) is 0 Å². The molecule has 8 nitrogen and oxygen atoms in total. The van der Waals surface area contributed by atoms with E-state index in [1.807, 2.05) is 13.8 Å². The molecule has 15 unspecified atom stereocenters. The molecule has 5 fully saturated rings. The first kappa shape index (κ1) is 31.9. The normalized spacial score (nSPS) is 55.8. The lowest BCUT2D eigenvalue weighted by Gasteiger charge is -2.71. The van der Waals surface area contributed by atoms with Gasteiger partial charge in [0, 0.05) is 5.92 Å². The number of carbonyl (C=O) groups is 1. The molecule has 8 heteroatoms. The van der Waals surface area contributed by atoms with Crippen LogP contribution in [0, 0.1) is 57.2 Å². The molecular weight excluding hydrogens is 548 g/mol. The van der Waals surface area contributed by atoms with E-state index >= 15 is 0 Å². The molecule has 0 aromatic rings. The van der Waals surface area contributed by atoms with E-state index in [9.17, 15) is 30.3 Å². The predicted molar refractivity (Wildman–Crippen MR) is 161 cm³/mol. The van der Waals surface area contributed by atoms with Gasteiger partial charge in [-0.15, -0.1) is 0 Å². The molecule has 0 aromatic carbocycles. The second kappa shape index (κ2) is 10.2. The fourth-order valence-electron chi connectivity index (χ4n) is 12.2. The monoisotopic (exact) mass is 604 g/mol. The topological polar surface area (TPSA) is 137 Å². The summed E-state index contributed by atoms with van der Waals surface area (Å²) in [4.78, 5) is 12.4. The van der Waals surface area contributed by atoms with Crippen LogP contribution in [0.1, 0.15) is 99.8 Å². The maximum Gasteiger partial charge on any atom is 0.306 e. The van der Waals surface area contributed by atoms with E-state index in [0.717, 1.165) is 44.9 Å². The largest absolute Gasteiger partial charge is 0.481 e. The van der Waals surface area contributed by atoms with Gasteiger partial charge >= 0.3 is 5.97 Å². The first-order valence-corrected chi connectivity index (χ1v) is 16.9. The van der Waals surface area contributed by atoms with Crippen molar-refractivity contribution in [1.29, 1.82) is 0 Å². The van der Waals surface area contributed by atoms with Gasteiger partial charge in [-0.2, -0.15) is 0 Å². The Kier molecular flexibility index (Phi) is 7.60. The highest BCUT2D eigenvalue weighted by molar-refractivity contribution is 5.71. The fraction of sp³-hybridized carbons (Fsp3) is 0.914. The molecule has 6 aliphatic rings. The molecule has 5 aliphatic carbocycles. The van der Waals surface area contributed by atoms with Crippen LogP contribution in [0.25, 0.3) is 0 Å². The summed E-state index contributed by atoms with van der Waals surface area (Å²) in [5.41, 5.74) is 0.181. The van der Waals surface area contributed by atoms with Crippen molar-refractivity contribution >= 4 is 5.97 Å². The van der Waals surface area contributed by atoms with Gasteiger partial charge in [-0.1, -0.05) is 53.2 Å². The Bertz CT molecular complexity index is 1150. The molecule has 244 valence electrons. The zero-order chi connectivity index (χ0) is 31.5. The summed E-state index contributed by atoms with van der Waals surface area (Å²) in [6.07, 6.45) is 5.34. The Morgan fingerprint density at radius 2 is 1.70 bits per heavy atom. The second-order valence-corrected chi connectivity index (χ2v) is 17.0. The zero-order valence-electron chi connectivity index (χ0n) is 27.3. The van der Waals surface area contributed by atoms with Crippen LogP contribution in [0.15, 0.2) is 11.6 Å². The number of aliphatic hydroxyl groups excluding tert-OH is 3. The van der Waals surface area contributed by atoms with Crippen LogP contribution < -0.4 is 0 Å². The van der Waals surface area contributed by atoms with Gasteiger partial charge in [0.15, 0.2) is 6.29 Å². The number of carboxylic acid groups (broad SMARTS) is 1. The molecule has 1 aliphatic heterocycles. The first-order valence-electron chi connectivity index (χ1n) is 16.9. The molecular formula is C35H56O8. The third-order valence-electron chi connectivity index (χ3n) is 15.1. The molecule has 0 bridgehead atoms. The highest BCUT2D eigenvalue weighted by atomic mass is 16.7. The average molecular weight is 605 g/mol. The van der Waals surface area contributed by atoms with E-state index in [1.165, 1.54) is 5.57 Å². The highest BCUT2D eigenvalue weighted by Crippen LogP contribution is 2.75. The van der Waals surface area contributed by atoms with E-state index in [2.05, 4.69) is 40.7 Å². The summed E-state index contributed by atoms with van der Waals surface area (Å²) in [5.74, 6) is -0.527. The summed E-state index contributed by atoms with van der Waals surface area (Å²) in [6.45, 7) is 15.6. The lowest BCUT2D eigenvalue weighted by atomic mass is 9.34. The zero-order valence-corrected chi connectivity index (χ0v) is 27.3. The number of hydrogen-bond acceptors (Lipinski definition) is 7. The lowest BCUT2D eigenvalue weighted by Crippen LogP contribution is -2.66. The molecule has 0 amide bonds. The minimum absolute atomic E-state index is 0.0236. The number of rotatable bonds is 4.